The van der Waals surface area contributed by atoms with Gasteiger partial charge in [0, 0.05) is 5.56 Å². The molecular formula is C15H13FN4O. The van der Waals surface area contributed by atoms with Gasteiger partial charge in [0.1, 0.15) is 5.82 Å². The van der Waals surface area contributed by atoms with Crippen molar-refractivity contribution in [1.29, 1.82) is 0 Å². The molecule has 21 heavy (non-hydrogen) atoms. The number of nitrogens with zero attached hydrogens (tertiary/aromatic N) is 4. The summed E-state index contributed by atoms with van der Waals surface area (Å²) in [6.07, 6.45) is 0. The number of fused-ring (bicyclic) bond motifs is 1. The minimum absolute atomic E-state index is 0.0572. The van der Waals surface area contributed by atoms with Crippen molar-refractivity contribution in [3.8, 4) is 11.4 Å². The predicted molar refractivity (Wildman–Crippen MR) is 75.7 cm³/mol. The molecule has 2 heterocycles. The van der Waals surface area contributed by atoms with E-state index in [0.717, 1.165) is 0 Å². The van der Waals surface area contributed by atoms with E-state index in [2.05, 4.69) is 15.1 Å². The Morgan fingerprint density at radius 3 is 2.43 bits per heavy atom. The molecule has 0 bridgehead atoms. The Morgan fingerprint density at radius 1 is 1.14 bits per heavy atom. The zero-order valence-electron chi connectivity index (χ0n) is 11.9. The number of carbonyl (C=O) groups excluding carboxylic acids is 1. The molecule has 0 saturated heterocycles. The Hall–Kier alpha value is -2.63. The molecule has 0 aliphatic heterocycles. The smallest absolute Gasteiger partial charge is 0.253 e. The van der Waals surface area contributed by atoms with Gasteiger partial charge in [-0.2, -0.15) is 4.98 Å². The Morgan fingerprint density at radius 2 is 1.81 bits per heavy atom. The fourth-order valence-electron chi connectivity index (χ4n) is 2.41. The van der Waals surface area contributed by atoms with E-state index >= 15 is 0 Å². The van der Waals surface area contributed by atoms with Gasteiger partial charge in [-0.3, -0.25) is 4.79 Å². The Bertz CT molecular complexity index is 852. The molecule has 6 heteroatoms. The molecule has 0 aliphatic rings. The maximum atomic E-state index is 13.0. The maximum absolute atomic E-state index is 13.0. The molecule has 0 unspecified atom stereocenters. The van der Waals surface area contributed by atoms with Gasteiger partial charge in [-0.15, -0.1) is 5.10 Å². The van der Waals surface area contributed by atoms with Crippen LogP contribution < -0.4 is 0 Å². The van der Waals surface area contributed by atoms with Gasteiger partial charge in [0.2, 0.25) is 0 Å². The molecule has 1 aromatic carbocycles. The van der Waals surface area contributed by atoms with Gasteiger partial charge in [-0.05, 0) is 45.0 Å². The van der Waals surface area contributed by atoms with Crippen molar-refractivity contribution in [2.24, 2.45) is 0 Å². The molecule has 0 aliphatic carbocycles. The van der Waals surface area contributed by atoms with Gasteiger partial charge >= 0.3 is 0 Å². The molecule has 3 aromatic rings. The van der Waals surface area contributed by atoms with Crippen LogP contribution in [-0.2, 0) is 0 Å². The van der Waals surface area contributed by atoms with Gasteiger partial charge in [-0.25, -0.2) is 13.9 Å². The molecule has 106 valence electrons. The molecular weight excluding hydrogens is 271 g/mol. The number of rotatable bonds is 2. The zero-order valence-corrected chi connectivity index (χ0v) is 11.9. The normalized spacial score (nSPS) is 11.0. The number of ketones is 1. The third-order valence-corrected chi connectivity index (χ3v) is 3.35. The number of hydrogen-bond donors (Lipinski definition) is 0. The average Bonchev–Trinajstić information content (AvgIpc) is 2.83. The summed E-state index contributed by atoms with van der Waals surface area (Å²) in [5.74, 6) is 0.504. The number of aromatic nitrogens is 4. The predicted octanol–water partition coefficient (Wildman–Crippen LogP) is 2.75. The Kier molecular flexibility index (Phi) is 3.01. The lowest BCUT2D eigenvalue weighted by Gasteiger charge is -2.06. The number of aryl methyl sites for hydroxylation is 2. The minimum atomic E-state index is -0.313. The van der Waals surface area contributed by atoms with Gasteiger partial charge in [0.15, 0.2) is 11.6 Å². The highest BCUT2D eigenvalue weighted by Gasteiger charge is 2.16. The highest BCUT2D eigenvalue weighted by Crippen LogP contribution is 2.19. The molecule has 3 rings (SSSR count). The van der Waals surface area contributed by atoms with Crippen LogP contribution >= 0.6 is 0 Å². The SMILES string of the molecule is CC(=O)c1c(C)nc2nc(-c3ccc(F)cc3)nn2c1C. The summed E-state index contributed by atoms with van der Waals surface area (Å²) in [7, 11) is 0. The summed E-state index contributed by atoms with van der Waals surface area (Å²) < 4.78 is 14.5. The summed E-state index contributed by atoms with van der Waals surface area (Å²) in [6.45, 7) is 5.08. The highest BCUT2D eigenvalue weighted by atomic mass is 19.1. The molecule has 0 saturated carbocycles. The van der Waals surface area contributed by atoms with Crippen LogP contribution in [0.5, 0.6) is 0 Å². The lowest BCUT2D eigenvalue weighted by Crippen LogP contribution is -2.09. The number of hydrogen-bond acceptors (Lipinski definition) is 4. The summed E-state index contributed by atoms with van der Waals surface area (Å²) in [6, 6.07) is 5.93. The van der Waals surface area contributed by atoms with E-state index in [4.69, 9.17) is 0 Å². The molecule has 2 aromatic heterocycles. The second-order valence-corrected chi connectivity index (χ2v) is 4.87. The highest BCUT2D eigenvalue weighted by molar-refractivity contribution is 5.96. The third-order valence-electron chi connectivity index (χ3n) is 3.35. The van der Waals surface area contributed by atoms with Crippen molar-refractivity contribution in [2.75, 3.05) is 0 Å². The van der Waals surface area contributed by atoms with Gasteiger partial charge in [-0.1, -0.05) is 0 Å². The van der Waals surface area contributed by atoms with E-state index < -0.39 is 0 Å². The quantitative estimate of drug-likeness (QED) is 0.679. The van der Waals surface area contributed by atoms with Gasteiger partial charge < -0.3 is 0 Å². The van der Waals surface area contributed by atoms with Crippen LogP contribution in [0.15, 0.2) is 24.3 Å². The second-order valence-electron chi connectivity index (χ2n) is 4.87. The number of halogens is 1. The number of Topliss-reactive ketones (excluding diaryl/α,β-unsaturated/α-hetero) is 1. The van der Waals surface area contributed by atoms with Crippen molar-refractivity contribution in [3.63, 3.8) is 0 Å². The van der Waals surface area contributed by atoms with Crippen LogP contribution in [-0.4, -0.2) is 25.4 Å². The maximum Gasteiger partial charge on any atom is 0.253 e. The third kappa shape index (κ3) is 2.18. The lowest BCUT2D eigenvalue weighted by atomic mass is 10.1. The fourth-order valence-corrected chi connectivity index (χ4v) is 2.41. The monoisotopic (exact) mass is 284 g/mol. The van der Waals surface area contributed by atoms with Gasteiger partial charge in [0.05, 0.1) is 17.0 Å². The molecule has 0 N–H and O–H groups in total. The van der Waals surface area contributed by atoms with E-state index in [0.29, 0.717) is 34.1 Å². The Labute approximate surface area is 120 Å². The van der Waals surface area contributed by atoms with Crippen molar-refractivity contribution in [3.05, 3.63) is 47.0 Å². The lowest BCUT2D eigenvalue weighted by molar-refractivity contribution is 0.101. The average molecular weight is 284 g/mol. The summed E-state index contributed by atoms with van der Waals surface area (Å²) in [5.41, 5.74) is 2.58. The van der Waals surface area contributed by atoms with Crippen LogP contribution in [0.4, 0.5) is 4.39 Å². The van der Waals surface area contributed by atoms with Gasteiger partial charge in [0.25, 0.3) is 5.78 Å². The first-order valence-corrected chi connectivity index (χ1v) is 6.48. The van der Waals surface area contributed by atoms with E-state index in [9.17, 15) is 9.18 Å². The Balaban J connectivity index is 2.23. The summed E-state index contributed by atoms with van der Waals surface area (Å²) in [4.78, 5) is 20.4. The first-order valence-electron chi connectivity index (χ1n) is 6.48. The molecule has 0 radical (unpaired) electrons. The first-order chi connectivity index (χ1) is 9.97. The first kappa shape index (κ1) is 13.4. The van der Waals surface area contributed by atoms with Crippen LogP contribution in [0, 0.1) is 19.7 Å². The zero-order chi connectivity index (χ0) is 15.1. The molecule has 0 fully saturated rings. The topological polar surface area (TPSA) is 60.2 Å². The summed E-state index contributed by atoms with van der Waals surface area (Å²) >= 11 is 0. The van der Waals surface area contributed by atoms with Crippen LogP contribution in [0.25, 0.3) is 17.2 Å². The molecule has 0 spiro atoms. The molecule has 0 atom stereocenters. The minimum Gasteiger partial charge on any atom is -0.294 e. The fraction of sp³-hybridized carbons (Fsp3) is 0.200. The van der Waals surface area contributed by atoms with Crippen molar-refractivity contribution < 1.29 is 9.18 Å². The van der Waals surface area contributed by atoms with E-state index in [1.165, 1.54) is 19.1 Å². The number of carbonyl (C=O) groups is 1. The van der Waals surface area contributed by atoms with Crippen molar-refractivity contribution >= 4 is 11.6 Å². The molecule has 5 nitrogen and oxygen atoms in total. The van der Waals surface area contributed by atoms with E-state index in [1.807, 2.05) is 6.92 Å². The summed E-state index contributed by atoms with van der Waals surface area (Å²) in [5, 5.41) is 4.36. The van der Waals surface area contributed by atoms with E-state index in [-0.39, 0.29) is 11.6 Å². The van der Waals surface area contributed by atoms with Crippen LogP contribution in [0.3, 0.4) is 0 Å². The van der Waals surface area contributed by atoms with Crippen molar-refractivity contribution in [2.45, 2.75) is 20.8 Å². The van der Waals surface area contributed by atoms with E-state index in [1.54, 1.807) is 23.6 Å². The van der Waals surface area contributed by atoms with Crippen LogP contribution in [0.2, 0.25) is 0 Å². The number of benzene rings is 1. The van der Waals surface area contributed by atoms with Crippen LogP contribution in [0.1, 0.15) is 28.7 Å². The van der Waals surface area contributed by atoms with Crippen molar-refractivity contribution in [1.82, 2.24) is 19.6 Å². The molecule has 0 amide bonds. The second kappa shape index (κ2) is 4.73. The standard InChI is InChI=1S/C15H13FN4O/c1-8-13(10(3)21)9(2)20-15(17-8)18-14(19-20)11-4-6-12(16)7-5-11/h4-7H,1-3H3. The largest absolute Gasteiger partial charge is 0.294 e.